The molecule has 1 aromatic heterocycles. The van der Waals surface area contributed by atoms with Crippen LogP contribution in [0.1, 0.15) is 73.8 Å². The average Bonchev–Trinajstić information content (AvgIpc) is 3.27. The molecule has 4 nitrogen and oxygen atoms in total. The Morgan fingerprint density at radius 1 is 1.24 bits per heavy atom. The van der Waals surface area contributed by atoms with Gasteiger partial charge in [0.25, 0.3) is 0 Å². The summed E-state index contributed by atoms with van der Waals surface area (Å²) >= 11 is 0. The van der Waals surface area contributed by atoms with Crippen LogP contribution in [0.15, 0.2) is 0 Å². The molecule has 1 unspecified atom stereocenters. The van der Waals surface area contributed by atoms with E-state index in [-0.39, 0.29) is 6.10 Å². The van der Waals surface area contributed by atoms with Crippen LogP contribution in [0.5, 0.6) is 0 Å². The summed E-state index contributed by atoms with van der Waals surface area (Å²) in [5.41, 5.74) is 4.01. The fourth-order valence-corrected chi connectivity index (χ4v) is 3.54. The molecule has 1 N–H and O–H groups in total. The lowest BCUT2D eigenvalue weighted by atomic mass is 9.80. The molecule has 2 heterocycles. The van der Waals surface area contributed by atoms with Crippen molar-refractivity contribution in [3.63, 3.8) is 0 Å². The average molecular weight is 287 g/mol. The van der Waals surface area contributed by atoms with Gasteiger partial charge in [-0.3, -0.25) is 0 Å². The van der Waals surface area contributed by atoms with Crippen LogP contribution >= 0.6 is 0 Å². The van der Waals surface area contributed by atoms with Crippen LogP contribution in [0, 0.1) is 5.92 Å². The molecule has 2 saturated carbocycles. The lowest BCUT2D eigenvalue weighted by Crippen LogP contribution is -2.29. The van der Waals surface area contributed by atoms with Gasteiger partial charge in [-0.15, -0.1) is 0 Å². The van der Waals surface area contributed by atoms with Gasteiger partial charge in [0.15, 0.2) is 5.82 Å². The molecule has 0 amide bonds. The minimum absolute atomic E-state index is 0.133. The predicted molar refractivity (Wildman–Crippen MR) is 81.1 cm³/mol. The van der Waals surface area contributed by atoms with Crippen LogP contribution in [0.2, 0.25) is 0 Å². The van der Waals surface area contributed by atoms with E-state index in [0.717, 1.165) is 31.9 Å². The van der Waals surface area contributed by atoms with E-state index in [1.165, 1.54) is 49.1 Å². The Morgan fingerprint density at radius 3 is 2.76 bits per heavy atom. The van der Waals surface area contributed by atoms with E-state index in [1.54, 1.807) is 0 Å². The van der Waals surface area contributed by atoms with E-state index in [0.29, 0.717) is 11.8 Å². The van der Waals surface area contributed by atoms with Crippen LogP contribution in [0.3, 0.4) is 0 Å². The molecule has 4 heteroatoms. The number of hydrogen-bond acceptors (Lipinski definition) is 4. The molecular weight excluding hydrogens is 262 g/mol. The highest BCUT2D eigenvalue weighted by Gasteiger charge is 2.37. The van der Waals surface area contributed by atoms with Gasteiger partial charge in [0, 0.05) is 37.6 Å². The van der Waals surface area contributed by atoms with Gasteiger partial charge < -0.3 is 10.1 Å². The Labute approximate surface area is 126 Å². The number of hydrogen-bond donors (Lipinski definition) is 1. The maximum atomic E-state index is 5.99. The van der Waals surface area contributed by atoms with Crippen molar-refractivity contribution in [1.82, 2.24) is 15.3 Å². The summed E-state index contributed by atoms with van der Waals surface area (Å²) in [7, 11) is 0. The van der Waals surface area contributed by atoms with Gasteiger partial charge in [0.1, 0.15) is 6.10 Å². The van der Waals surface area contributed by atoms with Gasteiger partial charge in [0.2, 0.25) is 0 Å². The van der Waals surface area contributed by atoms with Crippen LogP contribution < -0.4 is 5.32 Å². The maximum absolute atomic E-state index is 5.99. The van der Waals surface area contributed by atoms with Gasteiger partial charge in [0.05, 0.1) is 11.4 Å². The quantitative estimate of drug-likeness (QED) is 0.904. The lowest BCUT2D eigenvalue weighted by Gasteiger charge is -2.30. The molecule has 114 valence electrons. The Hall–Kier alpha value is -1.00. The number of aromatic nitrogens is 2. The summed E-state index contributed by atoms with van der Waals surface area (Å²) in [6.45, 7) is 4.81. The smallest absolute Gasteiger partial charge is 0.157 e. The second kappa shape index (κ2) is 5.65. The molecule has 3 aliphatic rings. The number of rotatable bonds is 5. The van der Waals surface area contributed by atoms with Crippen LogP contribution in [0.4, 0.5) is 0 Å². The lowest BCUT2D eigenvalue weighted by molar-refractivity contribution is 0.0395. The number of ether oxygens (including phenoxy) is 1. The highest BCUT2D eigenvalue weighted by Crippen LogP contribution is 2.44. The third-order valence-corrected chi connectivity index (χ3v) is 5.13. The standard InChI is InChI=1S/C17H25N3O/c1-2-21-16(12-6-7-12)17-19-14-8-9-18-10-13(14)15(20-17)11-4-3-5-11/h11-12,16,18H,2-10H2,1H3. The topological polar surface area (TPSA) is 47.0 Å². The van der Waals surface area contributed by atoms with E-state index < -0.39 is 0 Å². The molecule has 2 aliphatic carbocycles. The highest BCUT2D eigenvalue weighted by molar-refractivity contribution is 5.32. The number of nitrogens with zero attached hydrogens (tertiary/aromatic N) is 2. The molecule has 2 fully saturated rings. The molecule has 1 aromatic rings. The first-order valence-corrected chi connectivity index (χ1v) is 8.58. The third kappa shape index (κ3) is 2.59. The van der Waals surface area contributed by atoms with Gasteiger partial charge in [-0.05, 0) is 38.5 Å². The van der Waals surface area contributed by atoms with Gasteiger partial charge in [-0.1, -0.05) is 6.42 Å². The maximum Gasteiger partial charge on any atom is 0.157 e. The molecule has 1 atom stereocenters. The summed E-state index contributed by atoms with van der Waals surface area (Å²) in [4.78, 5) is 9.93. The second-order valence-corrected chi connectivity index (χ2v) is 6.66. The SMILES string of the molecule is CCOC(c1nc2c(c(C3CCC3)n1)CNCC2)C1CC1. The molecule has 21 heavy (non-hydrogen) atoms. The van der Waals surface area contributed by atoms with Gasteiger partial charge in [-0.2, -0.15) is 0 Å². The normalized spacial score (nSPS) is 23.5. The predicted octanol–water partition coefficient (Wildman–Crippen LogP) is 2.88. The van der Waals surface area contributed by atoms with E-state index in [1.807, 2.05) is 0 Å². The minimum atomic E-state index is 0.133. The van der Waals surface area contributed by atoms with E-state index in [2.05, 4.69) is 12.2 Å². The third-order valence-electron chi connectivity index (χ3n) is 5.13. The number of fused-ring (bicyclic) bond motifs is 1. The fourth-order valence-electron chi connectivity index (χ4n) is 3.54. The van der Waals surface area contributed by atoms with Crippen molar-refractivity contribution in [1.29, 1.82) is 0 Å². The molecule has 0 bridgehead atoms. The van der Waals surface area contributed by atoms with Crippen molar-refractivity contribution in [3.8, 4) is 0 Å². The monoisotopic (exact) mass is 287 g/mol. The number of nitrogens with one attached hydrogen (secondary N) is 1. The largest absolute Gasteiger partial charge is 0.370 e. The zero-order valence-electron chi connectivity index (χ0n) is 12.9. The first-order chi connectivity index (χ1) is 10.4. The molecule has 0 aromatic carbocycles. The Morgan fingerprint density at radius 2 is 2.10 bits per heavy atom. The molecule has 1 aliphatic heterocycles. The van der Waals surface area contributed by atoms with Crippen molar-refractivity contribution in [3.05, 3.63) is 22.8 Å². The summed E-state index contributed by atoms with van der Waals surface area (Å²) < 4.78 is 5.99. The van der Waals surface area contributed by atoms with Crippen LogP contribution in [-0.4, -0.2) is 23.1 Å². The van der Waals surface area contributed by atoms with Crippen molar-refractivity contribution >= 4 is 0 Å². The Bertz CT molecular complexity index is 523. The van der Waals surface area contributed by atoms with Crippen molar-refractivity contribution in [2.24, 2.45) is 5.92 Å². The first-order valence-electron chi connectivity index (χ1n) is 8.58. The van der Waals surface area contributed by atoms with Crippen LogP contribution in [-0.2, 0) is 17.7 Å². The Balaban J connectivity index is 1.72. The van der Waals surface area contributed by atoms with Crippen molar-refractivity contribution in [2.75, 3.05) is 13.2 Å². The minimum Gasteiger partial charge on any atom is -0.370 e. The molecule has 0 spiro atoms. The van der Waals surface area contributed by atoms with E-state index in [4.69, 9.17) is 14.7 Å². The zero-order chi connectivity index (χ0) is 14.2. The summed E-state index contributed by atoms with van der Waals surface area (Å²) in [5, 5.41) is 3.48. The van der Waals surface area contributed by atoms with Crippen molar-refractivity contribution < 1.29 is 4.74 Å². The first kappa shape index (κ1) is 13.6. The summed E-state index contributed by atoms with van der Waals surface area (Å²) in [5.74, 6) is 2.29. The molecular formula is C17H25N3O. The molecule has 0 radical (unpaired) electrons. The molecule has 4 rings (SSSR count). The fraction of sp³-hybridized carbons (Fsp3) is 0.765. The second-order valence-electron chi connectivity index (χ2n) is 6.66. The Kier molecular flexibility index (Phi) is 3.67. The zero-order valence-corrected chi connectivity index (χ0v) is 12.9. The van der Waals surface area contributed by atoms with E-state index in [9.17, 15) is 0 Å². The summed E-state index contributed by atoms with van der Waals surface area (Å²) in [6, 6.07) is 0. The van der Waals surface area contributed by atoms with Gasteiger partial charge in [-0.25, -0.2) is 9.97 Å². The van der Waals surface area contributed by atoms with Crippen molar-refractivity contribution in [2.45, 2.75) is 64.0 Å². The van der Waals surface area contributed by atoms with Crippen LogP contribution in [0.25, 0.3) is 0 Å². The van der Waals surface area contributed by atoms with Gasteiger partial charge >= 0.3 is 0 Å². The van der Waals surface area contributed by atoms with E-state index >= 15 is 0 Å². The molecule has 0 saturated heterocycles. The summed E-state index contributed by atoms with van der Waals surface area (Å²) in [6.07, 6.45) is 7.65. The highest BCUT2D eigenvalue weighted by atomic mass is 16.5.